The van der Waals surface area contributed by atoms with Crippen molar-refractivity contribution in [3.63, 3.8) is 0 Å². The van der Waals surface area contributed by atoms with E-state index in [2.05, 4.69) is 30.4 Å². The second-order valence-electron chi connectivity index (χ2n) is 2.41. The molecule has 0 saturated heterocycles. The Kier molecular flexibility index (Phi) is 8.80. The van der Waals surface area contributed by atoms with Crippen LogP contribution in [0, 0.1) is 6.54 Å². The molecule has 0 heterocycles. The Hall–Kier alpha value is 0.414. The Labute approximate surface area is 68.1 Å². The molecule has 60 valence electrons. The van der Waals surface area contributed by atoms with Crippen LogP contribution in [-0.2, 0) is 16.5 Å². The van der Waals surface area contributed by atoms with Crippen molar-refractivity contribution < 1.29 is 16.5 Å². The van der Waals surface area contributed by atoms with E-state index in [1.54, 1.807) is 0 Å². The Morgan fingerprint density at radius 2 is 1.56 bits per heavy atom. The minimum atomic E-state index is 0. The van der Waals surface area contributed by atoms with Crippen LogP contribution >= 0.6 is 0 Å². The van der Waals surface area contributed by atoms with Crippen molar-refractivity contribution in [3.05, 3.63) is 6.54 Å². The summed E-state index contributed by atoms with van der Waals surface area (Å²) in [5.74, 6) is 0. The molecule has 0 aromatic carbocycles. The summed E-state index contributed by atoms with van der Waals surface area (Å²) >= 11 is 0. The van der Waals surface area contributed by atoms with Gasteiger partial charge in [-0.05, 0) is 28.2 Å². The van der Waals surface area contributed by atoms with Crippen LogP contribution in [0.5, 0.6) is 0 Å². The van der Waals surface area contributed by atoms with Crippen LogP contribution in [-0.4, -0.2) is 44.5 Å². The van der Waals surface area contributed by atoms with Gasteiger partial charge in [0.25, 0.3) is 0 Å². The Balaban J connectivity index is 0. The second-order valence-corrected chi connectivity index (χ2v) is 2.41. The minimum absolute atomic E-state index is 0. The van der Waals surface area contributed by atoms with E-state index in [4.69, 9.17) is 0 Å². The first-order valence-electron chi connectivity index (χ1n) is 2.77. The number of hydrogen-bond donors (Lipinski definition) is 0. The molecular formula is C6H15N2Ni-. The molecule has 0 atom stereocenters. The summed E-state index contributed by atoms with van der Waals surface area (Å²) in [5.41, 5.74) is 0. The van der Waals surface area contributed by atoms with Crippen LogP contribution in [0.15, 0.2) is 0 Å². The van der Waals surface area contributed by atoms with E-state index >= 15 is 0 Å². The number of rotatable bonds is 3. The molecule has 0 bridgehead atoms. The third-order valence-corrected chi connectivity index (χ3v) is 0.812. The zero-order valence-corrected chi connectivity index (χ0v) is 7.48. The minimum Gasteiger partial charge on any atom is -0.460 e. The molecule has 0 saturated carbocycles. The summed E-state index contributed by atoms with van der Waals surface area (Å²) in [4.78, 5) is 4.18. The third kappa shape index (κ3) is 11.8. The summed E-state index contributed by atoms with van der Waals surface area (Å²) in [5, 5.41) is 0. The number of hydrogen-bond acceptors (Lipinski definition) is 2. The van der Waals surface area contributed by atoms with E-state index in [1.807, 2.05) is 14.1 Å². The molecule has 0 unspecified atom stereocenters. The Bertz CT molecular complexity index is 47.0. The van der Waals surface area contributed by atoms with E-state index in [0.717, 1.165) is 6.54 Å². The zero-order chi connectivity index (χ0) is 6.57. The summed E-state index contributed by atoms with van der Waals surface area (Å²) in [6.07, 6.45) is 0. The first-order chi connectivity index (χ1) is 3.63. The zero-order valence-electron chi connectivity index (χ0n) is 6.50. The molecule has 0 rings (SSSR count). The molecule has 0 radical (unpaired) electrons. The monoisotopic (exact) mass is 173 g/mol. The maximum Gasteiger partial charge on any atom is 0 e. The van der Waals surface area contributed by atoms with Crippen molar-refractivity contribution in [2.75, 3.05) is 34.7 Å². The van der Waals surface area contributed by atoms with Gasteiger partial charge in [0.05, 0.1) is 0 Å². The molecule has 0 aliphatic heterocycles. The molecule has 3 heteroatoms. The topological polar surface area (TPSA) is 6.48 Å². The van der Waals surface area contributed by atoms with Gasteiger partial charge in [-0.25, -0.2) is 0 Å². The maximum absolute atomic E-state index is 2.12. The molecule has 0 aromatic heterocycles. The number of nitrogens with zero attached hydrogens (tertiary/aromatic N) is 2. The van der Waals surface area contributed by atoms with Crippen molar-refractivity contribution in [3.8, 4) is 0 Å². The molecule has 0 aliphatic rings. The number of likely N-dealkylation sites (N-methyl/N-ethyl adjacent to an activating group) is 2. The normalized spacial score (nSPS) is 10.0. The second kappa shape index (κ2) is 6.53. The van der Waals surface area contributed by atoms with Gasteiger partial charge in [0.15, 0.2) is 0 Å². The fourth-order valence-electron chi connectivity index (χ4n) is 0.327. The van der Waals surface area contributed by atoms with Crippen molar-refractivity contribution >= 4 is 0 Å². The molecule has 0 aliphatic carbocycles. The molecular weight excluding hydrogens is 159 g/mol. The molecule has 0 fully saturated rings. The van der Waals surface area contributed by atoms with Gasteiger partial charge in [-0.1, -0.05) is 0 Å². The molecule has 0 aromatic rings. The quantitative estimate of drug-likeness (QED) is 0.447. The van der Waals surface area contributed by atoms with Gasteiger partial charge in [-0.3, -0.25) is 6.54 Å². The van der Waals surface area contributed by atoms with Crippen molar-refractivity contribution in [2.24, 2.45) is 0 Å². The fourth-order valence-corrected chi connectivity index (χ4v) is 0.327. The van der Waals surface area contributed by atoms with Crippen LogP contribution in [0.4, 0.5) is 0 Å². The molecule has 9 heavy (non-hydrogen) atoms. The fraction of sp³-hybridized carbons (Fsp3) is 0.833. The van der Waals surface area contributed by atoms with E-state index in [0.29, 0.717) is 0 Å². The Morgan fingerprint density at radius 3 is 1.67 bits per heavy atom. The predicted molar refractivity (Wildman–Crippen MR) is 36.5 cm³/mol. The molecule has 0 N–H and O–H groups in total. The smallest absolute Gasteiger partial charge is 0 e. The first-order valence-corrected chi connectivity index (χ1v) is 2.77. The molecule has 0 spiro atoms. The van der Waals surface area contributed by atoms with E-state index < -0.39 is 0 Å². The van der Waals surface area contributed by atoms with Crippen LogP contribution < -0.4 is 0 Å². The van der Waals surface area contributed by atoms with Crippen molar-refractivity contribution in [1.82, 2.24) is 9.80 Å². The van der Waals surface area contributed by atoms with Gasteiger partial charge >= 0.3 is 0 Å². The summed E-state index contributed by atoms with van der Waals surface area (Å²) in [7, 11) is 8.17. The van der Waals surface area contributed by atoms with Crippen LogP contribution in [0.1, 0.15) is 0 Å². The predicted octanol–water partition coefficient (Wildman–Crippen LogP) is 0.269. The maximum atomic E-state index is 2.12. The first kappa shape index (κ1) is 12.1. The van der Waals surface area contributed by atoms with E-state index in [-0.39, 0.29) is 16.5 Å². The van der Waals surface area contributed by atoms with Crippen molar-refractivity contribution in [2.45, 2.75) is 0 Å². The average molecular weight is 174 g/mol. The van der Waals surface area contributed by atoms with E-state index in [1.165, 1.54) is 0 Å². The van der Waals surface area contributed by atoms with Gasteiger partial charge < -0.3 is 9.80 Å². The largest absolute Gasteiger partial charge is 0.460 e. The molecule has 0 amide bonds. The van der Waals surface area contributed by atoms with Gasteiger partial charge in [0.2, 0.25) is 0 Å². The summed E-state index contributed by atoms with van der Waals surface area (Å²) in [6, 6.07) is 0. The molecule has 2 nitrogen and oxygen atoms in total. The van der Waals surface area contributed by atoms with E-state index in [9.17, 15) is 0 Å². The van der Waals surface area contributed by atoms with Crippen molar-refractivity contribution in [1.29, 1.82) is 0 Å². The van der Waals surface area contributed by atoms with Gasteiger partial charge in [-0.15, -0.1) is 6.54 Å². The van der Waals surface area contributed by atoms with Gasteiger partial charge in [-0.2, -0.15) is 0 Å². The van der Waals surface area contributed by atoms with Gasteiger partial charge in [0, 0.05) is 16.5 Å². The third-order valence-electron chi connectivity index (χ3n) is 0.812. The van der Waals surface area contributed by atoms with Gasteiger partial charge in [0.1, 0.15) is 0 Å². The standard InChI is InChI=1S/C6H15N2.Ni/c1-7(2)5-6-8(3)4;/h5H,6H2,1-4H3;/q-1;. The summed E-state index contributed by atoms with van der Waals surface area (Å²) < 4.78 is 0. The van der Waals surface area contributed by atoms with Crippen LogP contribution in [0.3, 0.4) is 0 Å². The summed E-state index contributed by atoms with van der Waals surface area (Å²) in [6.45, 7) is 3.15. The van der Waals surface area contributed by atoms with Crippen LogP contribution in [0.2, 0.25) is 0 Å². The average Bonchev–Trinajstić information content (AvgIpc) is 1.61. The van der Waals surface area contributed by atoms with Crippen LogP contribution in [0.25, 0.3) is 0 Å². The SMILES string of the molecule is CN(C)[CH-]CN(C)C.[Ni]. The Morgan fingerprint density at radius 1 is 1.11 bits per heavy atom.